The summed E-state index contributed by atoms with van der Waals surface area (Å²) in [6, 6.07) is 3.29. The van der Waals surface area contributed by atoms with Gasteiger partial charge in [-0.05, 0) is 32.3 Å². The molecule has 3 rings (SSSR count). The third kappa shape index (κ3) is 4.59. The Kier molecular flexibility index (Phi) is 6.97. The molecule has 0 unspecified atom stereocenters. The molecule has 0 saturated carbocycles. The SMILES string of the molecule is COc1cc(NC(=O)c2sc(C(C)C)nc2C)c(C(=O)N2CCCCC2)cc1OC. The first kappa shape index (κ1) is 22.1. The number of piperidine rings is 1. The third-order valence-electron chi connectivity index (χ3n) is 5.16. The number of aromatic nitrogens is 1. The highest BCUT2D eigenvalue weighted by molar-refractivity contribution is 7.14. The van der Waals surface area contributed by atoms with Gasteiger partial charge in [0, 0.05) is 25.1 Å². The Morgan fingerprint density at radius 3 is 2.30 bits per heavy atom. The van der Waals surface area contributed by atoms with Crippen LogP contribution in [-0.4, -0.2) is 49.0 Å². The number of hydrogen-bond acceptors (Lipinski definition) is 6. The molecule has 1 N–H and O–H groups in total. The zero-order valence-corrected chi connectivity index (χ0v) is 19.0. The maximum absolute atomic E-state index is 13.2. The maximum atomic E-state index is 13.2. The Hall–Kier alpha value is -2.61. The molecule has 1 aromatic heterocycles. The molecule has 0 bridgehead atoms. The van der Waals surface area contributed by atoms with E-state index in [0.717, 1.165) is 24.3 Å². The lowest BCUT2D eigenvalue weighted by Gasteiger charge is -2.28. The average molecular weight is 432 g/mol. The number of thiazole rings is 1. The van der Waals surface area contributed by atoms with Crippen LogP contribution in [0, 0.1) is 6.92 Å². The summed E-state index contributed by atoms with van der Waals surface area (Å²) < 4.78 is 10.8. The molecule has 30 heavy (non-hydrogen) atoms. The predicted molar refractivity (Wildman–Crippen MR) is 118 cm³/mol. The van der Waals surface area contributed by atoms with Crippen molar-refractivity contribution in [2.24, 2.45) is 0 Å². The van der Waals surface area contributed by atoms with Crippen LogP contribution < -0.4 is 14.8 Å². The second kappa shape index (κ2) is 9.47. The summed E-state index contributed by atoms with van der Waals surface area (Å²) >= 11 is 1.38. The molecule has 162 valence electrons. The Morgan fingerprint density at radius 2 is 1.73 bits per heavy atom. The number of amides is 2. The highest BCUT2D eigenvalue weighted by Crippen LogP contribution is 2.35. The first-order chi connectivity index (χ1) is 14.3. The fourth-order valence-corrected chi connectivity index (χ4v) is 4.45. The van der Waals surface area contributed by atoms with Gasteiger partial charge in [0.05, 0.1) is 36.2 Å². The molecule has 8 heteroatoms. The summed E-state index contributed by atoms with van der Waals surface area (Å²) in [4.78, 5) is 33.2. The van der Waals surface area contributed by atoms with E-state index >= 15 is 0 Å². The van der Waals surface area contributed by atoms with E-state index in [0.29, 0.717) is 46.4 Å². The highest BCUT2D eigenvalue weighted by atomic mass is 32.1. The lowest BCUT2D eigenvalue weighted by molar-refractivity contribution is 0.0725. The lowest BCUT2D eigenvalue weighted by Crippen LogP contribution is -2.36. The fraction of sp³-hybridized carbons (Fsp3) is 0.500. The van der Waals surface area contributed by atoms with Crippen LogP contribution in [0.25, 0.3) is 0 Å². The Balaban J connectivity index is 1.97. The number of benzene rings is 1. The van der Waals surface area contributed by atoms with Crippen LogP contribution in [0.4, 0.5) is 5.69 Å². The van der Waals surface area contributed by atoms with Crippen molar-refractivity contribution in [2.45, 2.75) is 46.0 Å². The Morgan fingerprint density at radius 1 is 1.10 bits per heavy atom. The van der Waals surface area contributed by atoms with Crippen molar-refractivity contribution in [1.29, 1.82) is 0 Å². The second-order valence-electron chi connectivity index (χ2n) is 7.68. The predicted octanol–water partition coefficient (Wildman–Crippen LogP) is 4.47. The van der Waals surface area contributed by atoms with Crippen molar-refractivity contribution in [3.8, 4) is 11.5 Å². The molecule has 0 radical (unpaired) electrons. The van der Waals surface area contributed by atoms with E-state index in [-0.39, 0.29) is 17.7 Å². The van der Waals surface area contributed by atoms with Crippen LogP contribution in [-0.2, 0) is 0 Å². The third-order valence-corrected chi connectivity index (χ3v) is 6.62. The molecule has 2 heterocycles. The van der Waals surface area contributed by atoms with Crippen LogP contribution in [0.15, 0.2) is 12.1 Å². The number of hydrogen-bond donors (Lipinski definition) is 1. The molecule has 2 aromatic rings. The lowest BCUT2D eigenvalue weighted by atomic mass is 10.1. The molecule has 0 aliphatic carbocycles. The molecule has 1 aliphatic rings. The minimum absolute atomic E-state index is 0.116. The van der Waals surface area contributed by atoms with Crippen LogP contribution in [0.1, 0.15) is 69.8 Å². The highest BCUT2D eigenvalue weighted by Gasteiger charge is 2.25. The molecule has 1 aliphatic heterocycles. The first-order valence-corrected chi connectivity index (χ1v) is 11.0. The van der Waals surface area contributed by atoms with Gasteiger partial charge in [0.15, 0.2) is 11.5 Å². The van der Waals surface area contributed by atoms with Gasteiger partial charge in [-0.3, -0.25) is 9.59 Å². The Bertz CT molecular complexity index is 933. The van der Waals surface area contributed by atoms with E-state index in [4.69, 9.17) is 9.47 Å². The average Bonchev–Trinajstić information content (AvgIpc) is 3.15. The van der Waals surface area contributed by atoms with Crippen molar-refractivity contribution < 1.29 is 19.1 Å². The molecule has 0 atom stereocenters. The van der Waals surface area contributed by atoms with Gasteiger partial charge in [-0.25, -0.2) is 4.98 Å². The van der Waals surface area contributed by atoms with Gasteiger partial charge in [0.2, 0.25) is 0 Å². The fourth-order valence-electron chi connectivity index (χ4n) is 3.48. The Labute approximate surface area is 181 Å². The maximum Gasteiger partial charge on any atom is 0.267 e. The number of methoxy groups -OCH3 is 2. The summed E-state index contributed by atoms with van der Waals surface area (Å²) in [6.45, 7) is 7.34. The zero-order valence-electron chi connectivity index (χ0n) is 18.2. The number of likely N-dealkylation sites (tertiary alicyclic amines) is 1. The van der Waals surface area contributed by atoms with Gasteiger partial charge in [0.25, 0.3) is 11.8 Å². The normalized spacial score (nSPS) is 14.0. The van der Waals surface area contributed by atoms with Crippen LogP contribution in [0.3, 0.4) is 0 Å². The van der Waals surface area contributed by atoms with E-state index < -0.39 is 0 Å². The largest absolute Gasteiger partial charge is 0.493 e. The van der Waals surface area contributed by atoms with Gasteiger partial charge in [-0.1, -0.05) is 13.8 Å². The summed E-state index contributed by atoms with van der Waals surface area (Å²) in [5.74, 6) is 0.748. The van der Waals surface area contributed by atoms with Crippen molar-refractivity contribution in [3.05, 3.63) is 33.3 Å². The molecule has 2 amide bonds. The van der Waals surface area contributed by atoms with Crippen molar-refractivity contribution in [2.75, 3.05) is 32.6 Å². The molecule has 7 nitrogen and oxygen atoms in total. The van der Waals surface area contributed by atoms with E-state index in [2.05, 4.69) is 10.3 Å². The monoisotopic (exact) mass is 431 g/mol. The van der Waals surface area contributed by atoms with Gasteiger partial charge in [-0.2, -0.15) is 0 Å². The van der Waals surface area contributed by atoms with E-state index in [9.17, 15) is 9.59 Å². The first-order valence-electron chi connectivity index (χ1n) is 10.2. The number of carbonyl (C=O) groups excluding carboxylic acids is 2. The smallest absolute Gasteiger partial charge is 0.267 e. The number of nitrogens with one attached hydrogen (secondary N) is 1. The van der Waals surface area contributed by atoms with E-state index in [1.54, 1.807) is 12.1 Å². The van der Waals surface area contributed by atoms with Gasteiger partial charge in [-0.15, -0.1) is 11.3 Å². The van der Waals surface area contributed by atoms with Gasteiger partial charge < -0.3 is 19.7 Å². The number of anilines is 1. The van der Waals surface area contributed by atoms with Crippen molar-refractivity contribution >= 4 is 28.8 Å². The quantitative estimate of drug-likeness (QED) is 0.730. The molecule has 1 aromatic carbocycles. The van der Waals surface area contributed by atoms with Crippen molar-refractivity contribution in [3.63, 3.8) is 0 Å². The number of ether oxygens (including phenoxy) is 2. The number of rotatable bonds is 6. The topological polar surface area (TPSA) is 80.8 Å². The zero-order chi connectivity index (χ0) is 21.8. The van der Waals surface area contributed by atoms with E-state index in [1.165, 1.54) is 25.6 Å². The van der Waals surface area contributed by atoms with Crippen LogP contribution in [0.5, 0.6) is 11.5 Å². The molecule has 1 fully saturated rings. The standard InChI is InChI=1S/C22H29N3O4S/c1-13(2)21-23-14(3)19(30-21)20(26)24-16-12-18(29-5)17(28-4)11-15(16)22(27)25-9-7-6-8-10-25/h11-13H,6-10H2,1-5H3,(H,24,26). The van der Waals surface area contributed by atoms with Gasteiger partial charge in [0.1, 0.15) is 4.88 Å². The number of aryl methyl sites for hydroxylation is 1. The van der Waals surface area contributed by atoms with Crippen LogP contribution >= 0.6 is 11.3 Å². The summed E-state index contributed by atoms with van der Waals surface area (Å²) in [6.07, 6.45) is 3.10. The molecular weight excluding hydrogens is 402 g/mol. The minimum Gasteiger partial charge on any atom is -0.493 e. The minimum atomic E-state index is -0.281. The summed E-state index contributed by atoms with van der Waals surface area (Å²) in [5, 5.41) is 3.83. The molecular formula is C22H29N3O4S. The second-order valence-corrected chi connectivity index (χ2v) is 8.71. The molecule has 1 saturated heterocycles. The molecule has 0 spiro atoms. The van der Waals surface area contributed by atoms with Crippen LogP contribution in [0.2, 0.25) is 0 Å². The summed E-state index contributed by atoms with van der Waals surface area (Å²) in [5.41, 5.74) is 1.49. The summed E-state index contributed by atoms with van der Waals surface area (Å²) in [7, 11) is 3.05. The number of nitrogens with zero attached hydrogens (tertiary/aromatic N) is 2. The van der Waals surface area contributed by atoms with Gasteiger partial charge >= 0.3 is 0 Å². The van der Waals surface area contributed by atoms with Crippen molar-refractivity contribution in [1.82, 2.24) is 9.88 Å². The number of carbonyl (C=O) groups is 2. The van der Waals surface area contributed by atoms with E-state index in [1.807, 2.05) is 25.7 Å².